The first-order valence-electron chi connectivity index (χ1n) is 11.2. The van der Waals surface area contributed by atoms with E-state index in [9.17, 15) is 14.0 Å². The first-order chi connectivity index (χ1) is 15.5. The molecule has 2 fully saturated rings. The Kier molecular flexibility index (Phi) is 7.30. The third-order valence-corrected chi connectivity index (χ3v) is 6.78. The van der Waals surface area contributed by atoms with E-state index >= 15 is 0 Å². The summed E-state index contributed by atoms with van der Waals surface area (Å²) in [7, 11) is 0. The molecular formula is C25H28ClFN2O3. The third-order valence-electron chi connectivity index (χ3n) is 6.43. The molecule has 2 aromatic rings. The van der Waals surface area contributed by atoms with Crippen LogP contribution in [0, 0.1) is 11.7 Å². The van der Waals surface area contributed by atoms with Gasteiger partial charge in [0.15, 0.2) is 0 Å². The number of rotatable bonds is 6. The standard InChI is InChI=1S/C25H28ClFN2O3/c26-22-16-20(27)9-8-18(22)15-25(31)29-12-4-5-19-17-28(13-10-23(19)29)24(30)11-14-32-21-6-2-1-3-7-21/h1-3,6-9,16,19,23H,4-5,10-15,17H2/t19-,23+/m1/s1. The number of amides is 2. The molecule has 0 N–H and O–H groups in total. The average Bonchev–Trinajstić information content (AvgIpc) is 2.80. The second-order valence-corrected chi connectivity index (χ2v) is 8.92. The third kappa shape index (κ3) is 5.41. The number of benzene rings is 2. The summed E-state index contributed by atoms with van der Waals surface area (Å²) in [6.45, 7) is 2.40. The number of para-hydroxylation sites is 1. The van der Waals surface area contributed by atoms with Gasteiger partial charge in [-0.15, -0.1) is 0 Å². The highest BCUT2D eigenvalue weighted by molar-refractivity contribution is 6.31. The van der Waals surface area contributed by atoms with Gasteiger partial charge < -0.3 is 14.5 Å². The van der Waals surface area contributed by atoms with Crippen molar-refractivity contribution in [1.29, 1.82) is 0 Å². The molecular weight excluding hydrogens is 431 g/mol. The van der Waals surface area contributed by atoms with Crippen molar-refractivity contribution in [2.45, 2.75) is 38.1 Å². The summed E-state index contributed by atoms with van der Waals surface area (Å²) in [6, 6.07) is 13.8. The summed E-state index contributed by atoms with van der Waals surface area (Å²) in [6.07, 6.45) is 3.22. The zero-order chi connectivity index (χ0) is 22.5. The summed E-state index contributed by atoms with van der Waals surface area (Å²) < 4.78 is 19.0. The van der Waals surface area contributed by atoms with Crippen molar-refractivity contribution < 1.29 is 18.7 Å². The van der Waals surface area contributed by atoms with Gasteiger partial charge in [-0.1, -0.05) is 35.9 Å². The smallest absolute Gasteiger partial charge is 0.227 e. The number of ether oxygens (including phenoxy) is 1. The van der Waals surface area contributed by atoms with Crippen molar-refractivity contribution >= 4 is 23.4 Å². The van der Waals surface area contributed by atoms with E-state index in [0.29, 0.717) is 31.7 Å². The van der Waals surface area contributed by atoms with Gasteiger partial charge in [0.05, 0.1) is 19.4 Å². The molecule has 2 aliphatic heterocycles. The van der Waals surface area contributed by atoms with Gasteiger partial charge in [-0.25, -0.2) is 4.39 Å². The topological polar surface area (TPSA) is 49.9 Å². The molecule has 2 atom stereocenters. The Morgan fingerprint density at radius 1 is 1.06 bits per heavy atom. The molecule has 2 saturated heterocycles. The van der Waals surface area contributed by atoms with Gasteiger partial charge in [0.25, 0.3) is 0 Å². The van der Waals surface area contributed by atoms with Crippen molar-refractivity contribution in [1.82, 2.24) is 9.80 Å². The monoisotopic (exact) mass is 458 g/mol. The van der Waals surface area contributed by atoms with Gasteiger partial charge >= 0.3 is 0 Å². The van der Waals surface area contributed by atoms with E-state index in [4.69, 9.17) is 16.3 Å². The Morgan fingerprint density at radius 2 is 1.88 bits per heavy atom. The van der Waals surface area contributed by atoms with Crippen LogP contribution in [0.15, 0.2) is 48.5 Å². The van der Waals surface area contributed by atoms with Crippen LogP contribution in [0.5, 0.6) is 5.75 Å². The van der Waals surface area contributed by atoms with E-state index in [0.717, 1.165) is 31.6 Å². The van der Waals surface area contributed by atoms with Crippen LogP contribution in [0.4, 0.5) is 4.39 Å². The number of halogens is 2. The fourth-order valence-electron chi connectivity index (χ4n) is 4.80. The Bertz CT molecular complexity index is 955. The molecule has 5 nitrogen and oxygen atoms in total. The maximum Gasteiger partial charge on any atom is 0.227 e. The highest BCUT2D eigenvalue weighted by Crippen LogP contribution is 2.32. The molecule has 0 radical (unpaired) electrons. The van der Waals surface area contributed by atoms with Crippen LogP contribution >= 0.6 is 11.6 Å². The van der Waals surface area contributed by atoms with E-state index in [-0.39, 0.29) is 35.2 Å². The van der Waals surface area contributed by atoms with Gasteiger partial charge in [0.2, 0.25) is 11.8 Å². The van der Waals surface area contributed by atoms with Crippen LogP contribution in [0.1, 0.15) is 31.2 Å². The molecule has 0 saturated carbocycles. The number of hydrogen-bond donors (Lipinski definition) is 0. The maximum atomic E-state index is 13.3. The molecule has 170 valence electrons. The molecule has 0 bridgehead atoms. The number of carbonyl (C=O) groups excluding carboxylic acids is 2. The van der Waals surface area contributed by atoms with Crippen LogP contribution in [0.3, 0.4) is 0 Å². The lowest BCUT2D eigenvalue weighted by molar-refractivity contribution is -0.141. The van der Waals surface area contributed by atoms with Crippen molar-refractivity contribution in [2.24, 2.45) is 5.92 Å². The van der Waals surface area contributed by atoms with Crippen LogP contribution in [0.25, 0.3) is 0 Å². The fraction of sp³-hybridized carbons (Fsp3) is 0.440. The molecule has 2 aliphatic rings. The summed E-state index contributed by atoms with van der Waals surface area (Å²) in [5.74, 6) is 0.756. The Labute approximate surface area is 193 Å². The van der Waals surface area contributed by atoms with E-state index in [1.807, 2.05) is 40.1 Å². The Morgan fingerprint density at radius 3 is 2.66 bits per heavy atom. The quantitative estimate of drug-likeness (QED) is 0.647. The first-order valence-corrected chi connectivity index (χ1v) is 11.6. The zero-order valence-corrected chi connectivity index (χ0v) is 18.8. The van der Waals surface area contributed by atoms with Gasteiger partial charge in [-0.3, -0.25) is 9.59 Å². The lowest BCUT2D eigenvalue weighted by atomic mass is 9.83. The second-order valence-electron chi connectivity index (χ2n) is 8.51. The minimum atomic E-state index is -0.407. The molecule has 4 rings (SSSR count). The van der Waals surface area contributed by atoms with Crippen molar-refractivity contribution in [3.05, 3.63) is 64.9 Å². The Balaban J connectivity index is 1.30. The fourth-order valence-corrected chi connectivity index (χ4v) is 5.03. The van der Waals surface area contributed by atoms with Crippen molar-refractivity contribution in [3.63, 3.8) is 0 Å². The summed E-state index contributed by atoms with van der Waals surface area (Å²) in [4.78, 5) is 29.6. The lowest BCUT2D eigenvalue weighted by Crippen LogP contribution is -2.57. The van der Waals surface area contributed by atoms with Crippen LogP contribution in [0.2, 0.25) is 5.02 Å². The SMILES string of the molecule is O=C(CCOc1ccccc1)N1CC[C@H]2[C@H](CCCN2C(=O)Cc2ccc(F)cc2Cl)C1. The predicted octanol–water partition coefficient (Wildman–Crippen LogP) is 4.33. The van der Waals surface area contributed by atoms with Crippen LogP contribution < -0.4 is 4.74 Å². The zero-order valence-electron chi connectivity index (χ0n) is 18.0. The molecule has 0 aliphatic carbocycles. The number of likely N-dealkylation sites (tertiary alicyclic amines) is 2. The van der Waals surface area contributed by atoms with Gasteiger partial charge in [0.1, 0.15) is 11.6 Å². The molecule has 2 amide bonds. The summed E-state index contributed by atoms with van der Waals surface area (Å²) in [5.41, 5.74) is 0.645. The van der Waals surface area contributed by atoms with Crippen molar-refractivity contribution in [2.75, 3.05) is 26.2 Å². The minimum Gasteiger partial charge on any atom is -0.493 e. The maximum absolute atomic E-state index is 13.3. The normalized spacial score (nSPS) is 20.6. The van der Waals surface area contributed by atoms with E-state index in [2.05, 4.69) is 0 Å². The molecule has 7 heteroatoms. The highest BCUT2D eigenvalue weighted by Gasteiger charge is 2.39. The highest BCUT2D eigenvalue weighted by atomic mass is 35.5. The van der Waals surface area contributed by atoms with Gasteiger partial charge in [0, 0.05) is 30.7 Å². The van der Waals surface area contributed by atoms with Crippen molar-refractivity contribution in [3.8, 4) is 5.75 Å². The number of nitrogens with zero attached hydrogens (tertiary/aromatic N) is 2. The van der Waals surface area contributed by atoms with Gasteiger partial charge in [-0.05, 0) is 55.0 Å². The average molecular weight is 459 g/mol. The molecule has 2 heterocycles. The first kappa shape index (κ1) is 22.6. The predicted molar refractivity (Wildman–Crippen MR) is 121 cm³/mol. The number of carbonyl (C=O) groups is 2. The van der Waals surface area contributed by atoms with E-state index < -0.39 is 5.82 Å². The number of piperidine rings is 2. The van der Waals surface area contributed by atoms with Crippen LogP contribution in [-0.2, 0) is 16.0 Å². The number of fused-ring (bicyclic) bond motifs is 1. The van der Waals surface area contributed by atoms with Crippen LogP contribution in [-0.4, -0.2) is 53.9 Å². The molecule has 0 aromatic heterocycles. The van der Waals surface area contributed by atoms with E-state index in [1.54, 1.807) is 6.07 Å². The number of hydrogen-bond acceptors (Lipinski definition) is 3. The van der Waals surface area contributed by atoms with E-state index in [1.165, 1.54) is 12.1 Å². The minimum absolute atomic E-state index is 0.0178. The molecule has 2 aromatic carbocycles. The van der Waals surface area contributed by atoms with Gasteiger partial charge in [-0.2, -0.15) is 0 Å². The summed E-state index contributed by atoms with van der Waals surface area (Å²) in [5, 5.41) is 0.282. The summed E-state index contributed by atoms with van der Waals surface area (Å²) >= 11 is 6.12. The molecule has 0 spiro atoms. The lowest BCUT2D eigenvalue weighted by Gasteiger charge is -2.47. The Hall–Kier alpha value is -2.60. The second kappa shape index (κ2) is 10.3. The molecule has 32 heavy (non-hydrogen) atoms. The molecule has 0 unspecified atom stereocenters. The largest absolute Gasteiger partial charge is 0.493 e.